The number of aromatic nitrogens is 3. The van der Waals surface area contributed by atoms with Gasteiger partial charge in [-0.3, -0.25) is 4.79 Å². The summed E-state index contributed by atoms with van der Waals surface area (Å²) in [6.07, 6.45) is 6.54. The van der Waals surface area contributed by atoms with E-state index in [1.165, 1.54) is 17.7 Å². The fourth-order valence-electron chi connectivity index (χ4n) is 4.28. The zero-order chi connectivity index (χ0) is 21.4. The Balaban J connectivity index is 1.40. The van der Waals surface area contributed by atoms with Gasteiger partial charge in [0.1, 0.15) is 5.75 Å². The summed E-state index contributed by atoms with van der Waals surface area (Å²) in [5.74, 6) is 1.17. The first-order valence-corrected chi connectivity index (χ1v) is 10.6. The molecule has 31 heavy (non-hydrogen) atoms. The SMILES string of the molecule is Cc1cc(Oc2ncccn2)ccc1NC(=O)c1cccc2c3c([nH]c12)CCC(C)C3. The maximum atomic E-state index is 13.2. The van der Waals surface area contributed by atoms with E-state index in [0.717, 1.165) is 35.0 Å². The van der Waals surface area contributed by atoms with Gasteiger partial charge in [0.2, 0.25) is 0 Å². The molecule has 156 valence electrons. The Morgan fingerprint density at radius 1 is 1.16 bits per heavy atom. The van der Waals surface area contributed by atoms with Crippen LogP contribution < -0.4 is 10.1 Å². The summed E-state index contributed by atoms with van der Waals surface area (Å²) in [6, 6.07) is 13.5. The van der Waals surface area contributed by atoms with Gasteiger partial charge in [0, 0.05) is 29.2 Å². The molecule has 2 aromatic heterocycles. The molecule has 0 spiro atoms. The lowest BCUT2D eigenvalue weighted by molar-refractivity contribution is 0.102. The van der Waals surface area contributed by atoms with Gasteiger partial charge in [0.15, 0.2) is 0 Å². The van der Waals surface area contributed by atoms with E-state index in [0.29, 0.717) is 17.2 Å². The summed E-state index contributed by atoms with van der Waals surface area (Å²) in [5, 5.41) is 4.22. The number of H-pyrrole nitrogens is 1. The molecule has 1 unspecified atom stereocenters. The Morgan fingerprint density at radius 3 is 2.81 bits per heavy atom. The Hall–Kier alpha value is -3.67. The highest BCUT2D eigenvalue weighted by Gasteiger charge is 2.22. The number of fused-ring (bicyclic) bond motifs is 3. The van der Waals surface area contributed by atoms with Crippen LogP contribution in [0.4, 0.5) is 5.69 Å². The van der Waals surface area contributed by atoms with E-state index < -0.39 is 0 Å². The zero-order valence-electron chi connectivity index (χ0n) is 17.6. The van der Waals surface area contributed by atoms with Crippen molar-refractivity contribution in [1.29, 1.82) is 0 Å². The molecule has 4 aromatic rings. The van der Waals surface area contributed by atoms with Gasteiger partial charge in [-0.05, 0) is 73.6 Å². The second kappa shape index (κ2) is 7.87. The number of rotatable bonds is 4. The molecular formula is C25H24N4O2. The van der Waals surface area contributed by atoms with Crippen LogP contribution >= 0.6 is 0 Å². The lowest BCUT2D eigenvalue weighted by atomic mass is 9.87. The number of benzene rings is 2. The molecule has 2 N–H and O–H groups in total. The maximum Gasteiger partial charge on any atom is 0.321 e. The molecule has 1 aliphatic rings. The molecule has 0 saturated heterocycles. The molecule has 1 atom stereocenters. The van der Waals surface area contributed by atoms with E-state index in [4.69, 9.17) is 4.74 Å². The molecule has 2 heterocycles. The number of nitrogens with zero attached hydrogens (tertiary/aromatic N) is 2. The molecule has 2 aromatic carbocycles. The molecule has 1 aliphatic carbocycles. The van der Waals surface area contributed by atoms with Crippen LogP contribution in [0.15, 0.2) is 54.9 Å². The molecule has 0 aliphatic heterocycles. The average molecular weight is 412 g/mol. The summed E-state index contributed by atoms with van der Waals surface area (Å²) < 4.78 is 5.68. The number of carbonyl (C=O) groups excluding carboxylic acids is 1. The fourth-order valence-corrected chi connectivity index (χ4v) is 4.28. The van der Waals surface area contributed by atoms with E-state index in [1.54, 1.807) is 24.5 Å². The standard InChI is InChI=1S/C25H24N4O2/c1-15-7-9-22-20(13-15)18-5-3-6-19(23(18)28-22)24(30)29-21-10-8-17(14-16(21)2)31-25-26-11-4-12-27-25/h3-6,8,10-12,14-15,28H,7,9,13H2,1-2H3,(H,29,30). The van der Waals surface area contributed by atoms with E-state index in [9.17, 15) is 4.79 Å². The highest BCUT2D eigenvalue weighted by atomic mass is 16.5. The minimum Gasteiger partial charge on any atom is -0.424 e. The van der Waals surface area contributed by atoms with E-state index in [2.05, 4.69) is 33.3 Å². The molecule has 6 heteroatoms. The highest BCUT2D eigenvalue weighted by molar-refractivity contribution is 6.12. The predicted molar refractivity (Wildman–Crippen MR) is 121 cm³/mol. The first-order chi connectivity index (χ1) is 15.1. The summed E-state index contributed by atoms with van der Waals surface area (Å²) in [6.45, 7) is 4.22. The summed E-state index contributed by atoms with van der Waals surface area (Å²) in [4.78, 5) is 24.8. The van der Waals surface area contributed by atoms with Crippen LogP contribution in [0, 0.1) is 12.8 Å². The third-order valence-electron chi connectivity index (χ3n) is 5.91. The largest absolute Gasteiger partial charge is 0.424 e. The third kappa shape index (κ3) is 3.77. The van der Waals surface area contributed by atoms with Crippen molar-refractivity contribution in [2.75, 3.05) is 5.32 Å². The van der Waals surface area contributed by atoms with Crippen molar-refractivity contribution >= 4 is 22.5 Å². The Labute approximate surface area is 180 Å². The van der Waals surface area contributed by atoms with Crippen LogP contribution in [-0.4, -0.2) is 20.9 Å². The minimum atomic E-state index is -0.125. The third-order valence-corrected chi connectivity index (χ3v) is 5.91. The number of anilines is 1. The van der Waals surface area contributed by atoms with E-state index in [1.807, 2.05) is 31.2 Å². The molecule has 0 fully saturated rings. The molecule has 0 radical (unpaired) electrons. The fraction of sp³-hybridized carbons (Fsp3) is 0.240. The molecule has 5 rings (SSSR count). The van der Waals surface area contributed by atoms with Crippen molar-refractivity contribution in [1.82, 2.24) is 15.0 Å². The highest BCUT2D eigenvalue weighted by Crippen LogP contribution is 2.33. The van der Waals surface area contributed by atoms with Gasteiger partial charge in [0.25, 0.3) is 5.91 Å². The minimum absolute atomic E-state index is 0.125. The molecule has 6 nitrogen and oxygen atoms in total. The second-order valence-corrected chi connectivity index (χ2v) is 8.22. The van der Waals surface area contributed by atoms with Crippen LogP contribution in [0.25, 0.3) is 10.9 Å². The van der Waals surface area contributed by atoms with Crippen molar-refractivity contribution in [2.45, 2.75) is 33.1 Å². The number of amides is 1. The lowest BCUT2D eigenvalue weighted by Gasteiger charge is -2.17. The molecule has 0 bridgehead atoms. The topological polar surface area (TPSA) is 79.9 Å². The van der Waals surface area contributed by atoms with Crippen LogP contribution in [0.5, 0.6) is 11.8 Å². The smallest absolute Gasteiger partial charge is 0.321 e. The molecular weight excluding hydrogens is 388 g/mol. The van der Waals surface area contributed by atoms with Crippen LogP contribution in [0.1, 0.15) is 40.5 Å². The number of aromatic amines is 1. The Kier molecular flexibility index (Phi) is 4.90. The van der Waals surface area contributed by atoms with E-state index >= 15 is 0 Å². The van der Waals surface area contributed by atoms with Gasteiger partial charge < -0.3 is 15.0 Å². The number of hydrogen-bond donors (Lipinski definition) is 2. The van der Waals surface area contributed by atoms with Crippen molar-refractivity contribution in [3.8, 4) is 11.8 Å². The normalized spacial score (nSPS) is 15.5. The van der Waals surface area contributed by atoms with Crippen LogP contribution in [0.3, 0.4) is 0 Å². The number of ether oxygens (including phenoxy) is 1. The summed E-state index contributed by atoms with van der Waals surface area (Å²) in [5.41, 5.74) is 5.87. The van der Waals surface area contributed by atoms with Crippen molar-refractivity contribution in [3.63, 3.8) is 0 Å². The van der Waals surface area contributed by atoms with Crippen molar-refractivity contribution < 1.29 is 9.53 Å². The summed E-state index contributed by atoms with van der Waals surface area (Å²) in [7, 11) is 0. The quantitative estimate of drug-likeness (QED) is 0.468. The number of hydrogen-bond acceptors (Lipinski definition) is 4. The van der Waals surface area contributed by atoms with Gasteiger partial charge >= 0.3 is 6.01 Å². The maximum absolute atomic E-state index is 13.2. The number of carbonyl (C=O) groups is 1. The summed E-state index contributed by atoms with van der Waals surface area (Å²) >= 11 is 0. The second-order valence-electron chi connectivity index (χ2n) is 8.22. The first-order valence-electron chi connectivity index (χ1n) is 10.6. The molecule has 1 amide bonds. The monoisotopic (exact) mass is 412 g/mol. The number of nitrogens with one attached hydrogen (secondary N) is 2. The van der Waals surface area contributed by atoms with Crippen LogP contribution in [0.2, 0.25) is 0 Å². The van der Waals surface area contributed by atoms with Gasteiger partial charge in [-0.25, -0.2) is 9.97 Å². The van der Waals surface area contributed by atoms with Crippen molar-refractivity contribution in [2.24, 2.45) is 5.92 Å². The van der Waals surface area contributed by atoms with E-state index in [-0.39, 0.29) is 11.9 Å². The van der Waals surface area contributed by atoms with Gasteiger partial charge in [-0.15, -0.1) is 0 Å². The van der Waals surface area contributed by atoms with Gasteiger partial charge in [-0.1, -0.05) is 19.1 Å². The van der Waals surface area contributed by atoms with Gasteiger partial charge in [0.05, 0.1) is 11.1 Å². The van der Waals surface area contributed by atoms with Crippen LogP contribution in [-0.2, 0) is 12.8 Å². The first kappa shape index (κ1) is 19.3. The lowest BCUT2D eigenvalue weighted by Crippen LogP contribution is -2.13. The number of aryl methyl sites for hydroxylation is 2. The number of para-hydroxylation sites is 1. The zero-order valence-corrected chi connectivity index (χ0v) is 17.6. The van der Waals surface area contributed by atoms with Crippen molar-refractivity contribution in [3.05, 3.63) is 77.2 Å². The Bertz CT molecular complexity index is 1260. The van der Waals surface area contributed by atoms with Gasteiger partial charge in [-0.2, -0.15) is 0 Å². The molecule has 0 saturated carbocycles. The predicted octanol–water partition coefficient (Wildman–Crippen LogP) is 5.44. The average Bonchev–Trinajstić information content (AvgIpc) is 3.14. The Morgan fingerprint density at radius 2 is 2.00 bits per heavy atom.